The molecule has 6 heteroatoms. The fourth-order valence-corrected chi connectivity index (χ4v) is 1.68. The van der Waals surface area contributed by atoms with Gasteiger partial charge in [0.1, 0.15) is 11.6 Å². The predicted octanol–water partition coefficient (Wildman–Crippen LogP) is 1.73. The molecule has 0 fully saturated rings. The van der Waals surface area contributed by atoms with Gasteiger partial charge in [-0.05, 0) is 25.3 Å². The maximum Gasteiger partial charge on any atom is 0.308 e. The molecular weight excluding hydrogens is 244 g/mol. The number of nitriles is 1. The lowest BCUT2D eigenvalue weighted by molar-refractivity contribution is -0.142. The van der Waals surface area contributed by atoms with Crippen molar-refractivity contribution in [3.05, 3.63) is 16.8 Å². The molecule has 19 heavy (non-hydrogen) atoms. The van der Waals surface area contributed by atoms with Crippen LogP contribution in [0.4, 0.5) is 5.82 Å². The van der Waals surface area contributed by atoms with Crippen LogP contribution in [0.15, 0.2) is 0 Å². The van der Waals surface area contributed by atoms with Crippen LogP contribution in [-0.4, -0.2) is 27.8 Å². The zero-order chi connectivity index (χ0) is 14.6. The zero-order valence-electron chi connectivity index (χ0n) is 11.6. The molecule has 1 aromatic heterocycles. The number of aromatic nitrogens is 2. The lowest BCUT2D eigenvalue weighted by atomic mass is 9.96. The van der Waals surface area contributed by atoms with Crippen LogP contribution >= 0.6 is 0 Å². The normalized spacial score (nSPS) is 12.0. The van der Waals surface area contributed by atoms with Crippen molar-refractivity contribution in [2.75, 3.05) is 11.9 Å². The summed E-state index contributed by atoms with van der Waals surface area (Å²) < 4.78 is 0. The molecule has 1 unspecified atom stereocenters. The van der Waals surface area contributed by atoms with Crippen LogP contribution in [0.25, 0.3) is 0 Å². The number of carboxylic acid groups (broad SMARTS) is 1. The summed E-state index contributed by atoms with van der Waals surface area (Å²) in [5.41, 5.74) is 1.87. The summed E-state index contributed by atoms with van der Waals surface area (Å²) in [6, 6.07) is 2.07. The van der Waals surface area contributed by atoms with Crippen molar-refractivity contribution in [3.8, 4) is 6.07 Å². The quantitative estimate of drug-likeness (QED) is 0.838. The second-order valence-corrected chi connectivity index (χ2v) is 4.82. The third kappa shape index (κ3) is 3.41. The molecular formula is C13H18N4O2. The fourth-order valence-electron chi connectivity index (χ4n) is 1.68. The fraction of sp³-hybridized carbons (Fsp3) is 0.538. The number of rotatable bonds is 5. The SMILES string of the molecule is Cc1nnc(NCC(C(=O)O)C(C)C)c(C#N)c1C. The topological polar surface area (TPSA) is 98.9 Å². The summed E-state index contributed by atoms with van der Waals surface area (Å²) in [7, 11) is 0. The number of nitrogens with one attached hydrogen (secondary N) is 1. The third-order valence-corrected chi connectivity index (χ3v) is 3.18. The number of carbonyl (C=O) groups is 1. The van der Waals surface area contributed by atoms with Crippen LogP contribution in [-0.2, 0) is 4.79 Å². The second kappa shape index (κ2) is 6.14. The second-order valence-electron chi connectivity index (χ2n) is 4.82. The highest BCUT2D eigenvalue weighted by Gasteiger charge is 2.22. The molecule has 0 aromatic carbocycles. The summed E-state index contributed by atoms with van der Waals surface area (Å²) in [6.07, 6.45) is 0. The molecule has 102 valence electrons. The maximum absolute atomic E-state index is 11.1. The highest BCUT2D eigenvalue weighted by molar-refractivity contribution is 5.71. The Hall–Kier alpha value is -2.16. The van der Waals surface area contributed by atoms with Gasteiger partial charge in [0.2, 0.25) is 0 Å². The first-order valence-electron chi connectivity index (χ1n) is 6.09. The lowest BCUT2D eigenvalue weighted by Gasteiger charge is -2.17. The maximum atomic E-state index is 11.1. The molecule has 0 amide bonds. The van der Waals surface area contributed by atoms with Gasteiger partial charge in [-0.15, -0.1) is 5.10 Å². The van der Waals surface area contributed by atoms with E-state index in [4.69, 9.17) is 10.4 Å². The Bertz CT molecular complexity index is 520. The molecule has 0 bridgehead atoms. The van der Waals surface area contributed by atoms with E-state index in [1.54, 1.807) is 13.8 Å². The smallest absolute Gasteiger partial charge is 0.308 e. The highest BCUT2D eigenvalue weighted by Crippen LogP contribution is 2.18. The standard InChI is InChI=1S/C13H18N4O2/c1-7(2)11(13(18)19)6-15-12-10(5-14)8(3)9(4)16-17-12/h7,11H,6H2,1-4H3,(H,15,17)(H,18,19). The zero-order valence-corrected chi connectivity index (χ0v) is 11.6. The van der Waals surface area contributed by atoms with Gasteiger partial charge in [0.25, 0.3) is 0 Å². The van der Waals surface area contributed by atoms with Crippen molar-refractivity contribution >= 4 is 11.8 Å². The van der Waals surface area contributed by atoms with Crippen molar-refractivity contribution in [3.63, 3.8) is 0 Å². The largest absolute Gasteiger partial charge is 0.481 e. The Morgan fingerprint density at radius 1 is 1.42 bits per heavy atom. The van der Waals surface area contributed by atoms with E-state index < -0.39 is 11.9 Å². The Morgan fingerprint density at radius 2 is 2.05 bits per heavy atom. The van der Waals surface area contributed by atoms with E-state index in [0.717, 1.165) is 5.56 Å². The molecule has 6 nitrogen and oxygen atoms in total. The molecule has 0 aliphatic carbocycles. The van der Waals surface area contributed by atoms with E-state index in [0.29, 0.717) is 17.1 Å². The van der Waals surface area contributed by atoms with Gasteiger partial charge in [-0.2, -0.15) is 10.4 Å². The summed E-state index contributed by atoms with van der Waals surface area (Å²) in [4.78, 5) is 11.1. The van der Waals surface area contributed by atoms with Crippen LogP contribution < -0.4 is 5.32 Å². The number of nitrogens with zero attached hydrogens (tertiary/aromatic N) is 3. The van der Waals surface area contributed by atoms with Crippen molar-refractivity contribution < 1.29 is 9.90 Å². The predicted molar refractivity (Wildman–Crippen MR) is 70.7 cm³/mol. The average molecular weight is 262 g/mol. The Kier molecular flexibility index (Phi) is 4.81. The molecule has 1 rings (SSSR count). The number of carboxylic acids is 1. The summed E-state index contributed by atoms with van der Waals surface area (Å²) in [6.45, 7) is 7.49. The first kappa shape index (κ1) is 14.9. The van der Waals surface area contributed by atoms with E-state index in [2.05, 4.69) is 21.6 Å². The molecule has 2 N–H and O–H groups in total. The monoisotopic (exact) mass is 262 g/mol. The van der Waals surface area contributed by atoms with Gasteiger partial charge in [-0.25, -0.2) is 0 Å². The van der Waals surface area contributed by atoms with Gasteiger partial charge >= 0.3 is 5.97 Å². The number of aliphatic carboxylic acids is 1. The molecule has 1 aromatic rings. The minimum atomic E-state index is -0.863. The van der Waals surface area contributed by atoms with Crippen molar-refractivity contribution in [2.24, 2.45) is 11.8 Å². The summed E-state index contributed by atoms with van der Waals surface area (Å²) in [5, 5.41) is 29.0. The molecule has 0 aliphatic rings. The minimum absolute atomic E-state index is 0.00459. The molecule has 0 spiro atoms. The van der Waals surface area contributed by atoms with Crippen LogP contribution in [0.1, 0.15) is 30.7 Å². The Balaban J connectivity index is 2.93. The van der Waals surface area contributed by atoms with Gasteiger partial charge in [0, 0.05) is 6.54 Å². The van der Waals surface area contributed by atoms with Gasteiger partial charge in [-0.1, -0.05) is 13.8 Å². The molecule has 0 saturated carbocycles. The molecule has 0 saturated heterocycles. The van der Waals surface area contributed by atoms with Crippen molar-refractivity contribution in [1.29, 1.82) is 5.26 Å². The Morgan fingerprint density at radius 3 is 2.53 bits per heavy atom. The van der Waals surface area contributed by atoms with Gasteiger partial charge < -0.3 is 10.4 Å². The summed E-state index contributed by atoms with van der Waals surface area (Å²) in [5.74, 6) is -1.06. The lowest BCUT2D eigenvalue weighted by Crippen LogP contribution is -2.28. The van der Waals surface area contributed by atoms with Gasteiger partial charge in [-0.3, -0.25) is 4.79 Å². The van der Waals surface area contributed by atoms with Crippen molar-refractivity contribution in [2.45, 2.75) is 27.7 Å². The first-order chi connectivity index (χ1) is 8.88. The van der Waals surface area contributed by atoms with E-state index in [1.807, 2.05) is 13.8 Å². The van der Waals surface area contributed by atoms with Crippen molar-refractivity contribution in [1.82, 2.24) is 10.2 Å². The van der Waals surface area contributed by atoms with E-state index >= 15 is 0 Å². The molecule has 0 aliphatic heterocycles. The van der Waals surface area contributed by atoms with E-state index in [1.165, 1.54) is 0 Å². The third-order valence-electron chi connectivity index (χ3n) is 3.18. The number of hydrogen-bond acceptors (Lipinski definition) is 5. The minimum Gasteiger partial charge on any atom is -0.481 e. The van der Waals surface area contributed by atoms with Crippen LogP contribution in [0.5, 0.6) is 0 Å². The van der Waals surface area contributed by atoms with E-state index in [-0.39, 0.29) is 12.5 Å². The number of hydrogen-bond donors (Lipinski definition) is 2. The molecule has 1 atom stereocenters. The van der Waals surface area contributed by atoms with Gasteiger partial charge in [0.05, 0.1) is 11.6 Å². The highest BCUT2D eigenvalue weighted by atomic mass is 16.4. The number of aryl methyl sites for hydroxylation is 1. The van der Waals surface area contributed by atoms with E-state index in [9.17, 15) is 4.79 Å². The molecule has 1 heterocycles. The number of anilines is 1. The summed E-state index contributed by atoms with van der Waals surface area (Å²) >= 11 is 0. The average Bonchev–Trinajstić information content (AvgIpc) is 2.33. The van der Waals surface area contributed by atoms with Crippen LogP contribution in [0, 0.1) is 37.0 Å². The first-order valence-corrected chi connectivity index (χ1v) is 6.09. The van der Waals surface area contributed by atoms with Gasteiger partial charge in [0.15, 0.2) is 5.82 Å². The Labute approximate surface area is 112 Å². The molecule has 0 radical (unpaired) electrons. The van der Waals surface area contributed by atoms with Crippen LogP contribution in [0.3, 0.4) is 0 Å². The van der Waals surface area contributed by atoms with Crippen LogP contribution in [0.2, 0.25) is 0 Å².